The van der Waals surface area contributed by atoms with Crippen LogP contribution in [-0.4, -0.2) is 135 Å². The quantitative estimate of drug-likeness (QED) is 0.389. The SMILES string of the molecule is CC(C)(C)OC(=O)N1CCC(N(C(=O)CCl)C2CCCC[C@@H]2O)CC1.CC(C)(C)OC(=O)N1CCC(N2C(=O)CO[C@H]3CCCCC32)CC1. The minimum atomic E-state index is -0.513. The van der Waals surface area contributed by atoms with Gasteiger partial charge in [-0.05, 0) is 92.9 Å². The molecule has 280 valence electrons. The summed E-state index contributed by atoms with van der Waals surface area (Å²) in [6.07, 6.45) is 10.2. The Labute approximate surface area is 298 Å². The van der Waals surface area contributed by atoms with E-state index in [0.29, 0.717) is 39.0 Å². The van der Waals surface area contributed by atoms with E-state index in [1.165, 1.54) is 12.8 Å². The molecule has 4 amide bonds. The number of carbonyl (C=O) groups is 4. The molecule has 3 saturated heterocycles. The highest BCUT2D eigenvalue weighted by molar-refractivity contribution is 6.27. The monoisotopic (exact) mass is 712 g/mol. The predicted molar refractivity (Wildman–Crippen MR) is 186 cm³/mol. The van der Waals surface area contributed by atoms with Gasteiger partial charge in [-0.2, -0.15) is 0 Å². The van der Waals surface area contributed by atoms with Crippen molar-refractivity contribution in [3.05, 3.63) is 0 Å². The normalized spacial score (nSPS) is 27.4. The summed E-state index contributed by atoms with van der Waals surface area (Å²) in [4.78, 5) is 56.6. The van der Waals surface area contributed by atoms with E-state index in [0.717, 1.165) is 51.4 Å². The number of halogens is 1. The summed E-state index contributed by atoms with van der Waals surface area (Å²) in [6.45, 7) is 13.8. The Morgan fingerprint density at radius 3 is 1.84 bits per heavy atom. The van der Waals surface area contributed by atoms with E-state index in [-0.39, 0.29) is 66.8 Å². The summed E-state index contributed by atoms with van der Waals surface area (Å²) in [6, 6.07) is 0.324. The molecule has 2 aliphatic carbocycles. The summed E-state index contributed by atoms with van der Waals surface area (Å²) in [5.41, 5.74) is -0.982. The molecule has 2 saturated carbocycles. The number of carbonyl (C=O) groups excluding carboxylic acids is 4. The fourth-order valence-electron chi connectivity index (χ4n) is 7.95. The number of aliphatic hydroxyl groups is 1. The van der Waals surface area contributed by atoms with Gasteiger partial charge in [-0.15, -0.1) is 11.6 Å². The smallest absolute Gasteiger partial charge is 0.410 e. The van der Waals surface area contributed by atoms with Crippen LogP contribution >= 0.6 is 11.6 Å². The number of morpholine rings is 1. The molecule has 5 fully saturated rings. The number of piperidine rings is 2. The van der Waals surface area contributed by atoms with Gasteiger partial charge in [0.05, 0.1) is 24.3 Å². The van der Waals surface area contributed by atoms with E-state index in [1.807, 2.05) is 46.4 Å². The van der Waals surface area contributed by atoms with Crippen molar-refractivity contribution in [2.45, 2.75) is 166 Å². The molecule has 13 heteroatoms. The molecule has 0 aromatic rings. The molecular formula is C36H61ClN4O8. The predicted octanol–water partition coefficient (Wildman–Crippen LogP) is 5.31. The third-order valence-electron chi connectivity index (χ3n) is 10.2. The van der Waals surface area contributed by atoms with Gasteiger partial charge in [-0.25, -0.2) is 9.59 Å². The van der Waals surface area contributed by atoms with Gasteiger partial charge in [-0.1, -0.05) is 25.7 Å². The molecule has 1 N–H and O–H groups in total. The second-order valence-electron chi connectivity index (χ2n) is 16.3. The lowest BCUT2D eigenvalue weighted by Crippen LogP contribution is -2.61. The van der Waals surface area contributed by atoms with Crippen LogP contribution < -0.4 is 0 Å². The summed E-state index contributed by atoms with van der Waals surface area (Å²) in [5.74, 6) is -0.0765. The first-order valence-corrected chi connectivity index (χ1v) is 19.0. The van der Waals surface area contributed by atoms with Crippen molar-refractivity contribution in [3.8, 4) is 0 Å². The van der Waals surface area contributed by atoms with Gasteiger partial charge in [0.2, 0.25) is 11.8 Å². The molecule has 12 nitrogen and oxygen atoms in total. The van der Waals surface area contributed by atoms with Crippen molar-refractivity contribution in [2.24, 2.45) is 0 Å². The van der Waals surface area contributed by atoms with Crippen LogP contribution in [-0.2, 0) is 23.8 Å². The van der Waals surface area contributed by atoms with Crippen LogP contribution in [0.2, 0.25) is 0 Å². The summed E-state index contributed by atoms with van der Waals surface area (Å²) in [7, 11) is 0. The number of hydrogen-bond acceptors (Lipinski definition) is 8. The molecule has 3 heterocycles. The minimum Gasteiger partial charge on any atom is -0.444 e. The molecule has 0 spiro atoms. The molecular weight excluding hydrogens is 652 g/mol. The minimum absolute atomic E-state index is 0.0164. The van der Waals surface area contributed by atoms with Crippen molar-refractivity contribution in [1.29, 1.82) is 0 Å². The van der Waals surface area contributed by atoms with Crippen LogP contribution in [0.3, 0.4) is 0 Å². The molecule has 49 heavy (non-hydrogen) atoms. The molecule has 5 aliphatic rings. The van der Waals surface area contributed by atoms with Crippen LogP contribution in [0.25, 0.3) is 0 Å². The average molecular weight is 713 g/mol. The van der Waals surface area contributed by atoms with Gasteiger partial charge in [0.1, 0.15) is 23.7 Å². The van der Waals surface area contributed by atoms with Gasteiger partial charge in [0, 0.05) is 38.3 Å². The first-order valence-electron chi connectivity index (χ1n) is 18.5. The number of ether oxygens (including phenoxy) is 3. The van der Waals surface area contributed by atoms with Crippen LogP contribution in [0.1, 0.15) is 119 Å². The molecule has 5 rings (SSSR count). The van der Waals surface area contributed by atoms with Gasteiger partial charge in [0.25, 0.3) is 0 Å². The molecule has 3 aliphatic heterocycles. The Kier molecular flexibility index (Phi) is 13.9. The van der Waals surface area contributed by atoms with E-state index in [4.69, 9.17) is 25.8 Å². The molecule has 0 bridgehead atoms. The van der Waals surface area contributed by atoms with Crippen LogP contribution in [0.15, 0.2) is 0 Å². The van der Waals surface area contributed by atoms with Gasteiger partial charge >= 0.3 is 12.2 Å². The number of aliphatic hydroxyl groups excluding tert-OH is 1. The summed E-state index contributed by atoms with van der Waals surface area (Å²) in [5, 5.41) is 10.4. The van der Waals surface area contributed by atoms with Crippen molar-refractivity contribution >= 4 is 35.6 Å². The van der Waals surface area contributed by atoms with Gasteiger partial charge in [-0.3, -0.25) is 9.59 Å². The van der Waals surface area contributed by atoms with Crippen molar-refractivity contribution < 1.29 is 38.5 Å². The standard InChI is InChI=1S/C18H31ClN2O4.C18H30N2O4/c1-18(2,3)25-17(24)20-10-8-13(9-11-20)21(16(23)12-19)14-6-4-5-7-15(14)22;1-18(2,3)24-17(22)19-10-8-13(9-11-19)20-14-6-4-5-7-15(14)23-12-16(20)21/h13-15,22H,4-12H2,1-3H3;13-15H,4-12H2,1-3H3/t2*14?,15-/m00/s1. The number of likely N-dealkylation sites (tertiary alicyclic amines) is 2. The number of hydrogen-bond donors (Lipinski definition) is 1. The molecule has 4 atom stereocenters. The second kappa shape index (κ2) is 17.3. The van der Waals surface area contributed by atoms with Crippen molar-refractivity contribution in [3.63, 3.8) is 0 Å². The second-order valence-corrected chi connectivity index (χ2v) is 16.5. The van der Waals surface area contributed by atoms with Crippen LogP contribution in [0, 0.1) is 0 Å². The molecule has 0 aromatic carbocycles. The lowest BCUT2D eigenvalue weighted by atomic mass is 9.87. The topological polar surface area (TPSA) is 129 Å². The number of alkyl halides is 1. The van der Waals surface area contributed by atoms with E-state index >= 15 is 0 Å². The highest BCUT2D eigenvalue weighted by Crippen LogP contribution is 2.33. The number of rotatable bonds is 4. The van der Waals surface area contributed by atoms with E-state index in [2.05, 4.69) is 4.90 Å². The maximum atomic E-state index is 12.4. The lowest BCUT2D eigenvalue weighted by molar-refractivity contribution is -0.166. The molecule has 0 aromatic heterocycles. The number of nitrogens with zero attached hydrogens (tertiary/aromatic N) is 4. The number of amides is 4. The third kappa shape index (κ3) is 11.1. The zero-order chi connectivity index (χ0) is 35.9. The summed E-state index contributed by atoms with van der Waals surface area (Å²) < 4.78 is 16.6. The Morgan fingerprint density at radius 1 is 0.796 bits per heavy atom. The zero-order valence-corrected chi connectivity index (χ0v) is 31.4. The van der Waals surface area contributed by atoms with Gasteiger partial charge in [0.15, 0.2) is 0 Å². The zero-order valence-electron chi connectivity index (χ0n) is 30.7. The Morgan fingerprint density at radius 2 is 1.31 bits per heavy atom. The largest absolute Gasteiger partial charge is 0.444 e. The highest BCUT2D eigenvalue weighted by atomic mass is 35.5. The van der Waals surface area contributed by atoms with Crippen LogP contribution in [0.5, 0.6) is 0 Å². The first-order chi connectivity index (χ1) is 23.1. The highest BCUT2D eigenvalue weighted by Gasteiger charge is 2.43. The van der Waals surface area contributed by atoms with E-state index < -0.39 is 17.3 Å². The summed E-state index contributed by atoms with van der Waals surface area (Å²) >= 11 is 5.83. The van der Waals surface area contributed by atoms with E-state index in [1.54, 1.807) is 9.80 Å². The fraction of sp³-hybridized carbons (Fsp3) is 0.889. The molecule has 2 unspecified atom stereocenters. The van der Waals surface area contributed by atoms with Crippen LogP contribution in [0.4, 0.5) is 9.59 Å². The third-order valence-corrected chi connectivity index (χ3v) is 10.4. The number of fused-ring (bicyclic) bond motifs is 1. The van der Waals surface area contributed by atoms with Crippen molar-refractivity contribution in [2.75, 3.05) is 38.7 Å². The van der Waals surface area contributed by atoms with E-state index in [9.17, 15) is 24.3 Å². The van der Waals surface area contributed by atoms with Gasteiger partial charge < -0.3 is 38.9 Å². The maximum Gasteiger partial charge on any atom is 0.410 e. The average Bonchev–Trinajstić information content (AvgIpc) is 3.05. The Hall–Kier alpha value is -2.31. The first kappa shape index (κ1) is 39.5. The maximum absolute atomic E-state index is 12.4. The molecule has 0 radical (unpaired) electrons. The van der Waals surface area contributed by atoms with Crippen molar-refractivity contribution in [1.82, 2.24) is 19.6 Å². The Balaban J connectivity index is 0.000000221. The Bertz CT molecular complexity index is 1130. The lowest BCUT2D eigenvalue weighted by Gasteiger charge is -2.49. The fourth-order valence-corrected chi connectivity index (χ4v) is 8.09.